The first-order valence-corrected chi connectivity index (χ1v) is 16.1. The van der Waals surface area contributed by atoms with Crippen molar-refractivity contribution in [1.82, 2.24) is 19.4 Å². The lowest BCUT2D eigenvalue weighted by molar-refractivity contribution is -0.190. The molecule has 1 fully saturated rings. The van der Waals surface area contributed by atoms with Crippen LogP contribution in [-0.4, -0.2) is 62.4 Å². The molecule has 3 aromatic rings. The molecule has 1 aliphatic heterocycles. The minimum Gasteiger partial charge on any atom is -0.336 e. The first-order valence-electron chi connectivity index (χ1n) is 15.8. The normalized spacial score (nSPS) is 16.5. The number of hydrogen-bond acceptors (Lipinski definition) is 5. The first kappa shape index (κ1) is 36.5. The molecule has 4 rings (SSSR count). The quantitative estimate of drug-likeness (QED) is 0.195. The average Bonchev–Trinajstić information content (AvgIpc) is 3.37. The van der Waals surface area contributed by atoms with Gasteiger partial charge in [-0.05, 0) is 73.1 Å². The van der Waals surface area contributed by atoms with Crippen LogP contribution in [0.15, 0.2) is 54.1 Å². The molecule has 256 valence electrons. The monoisotopic (exact) mass is 684 g/mol. The van der Waals surface area contributed by atoms with Gasteiger partial charge in [0.25, 0.3) is 11.8 Å². The zero-order valence-electron chi connectivity index (χ0n) is 27.9. The van der Waals surface area contributed by atoms with Gasteiger partial charge in [0.05, 0.1) is 17.1 Å². The molecule has 0 radical (unpaired) electrons. The number of piperidine rings is 1. The number of rotatable bonds is 8. The number of allylic oxidation sites excluding steroid dienone is 1. The molecule has 2 atom stereocenters. The van der Waals surface area contributed by atoms with E-state index in [-0.39, 0.29) is 42.5 Å². The van der Waals surface area contributed by atoms with Gasteiger partial charge in [0, 0.05) is 36.3 Å². The van der Waals surface area contributed by atoms with Crippen LogP contribution in [0.2, 0.25) is 5.02 Å². The maximum atomic E-state index is 13.7. The number of carbonyl (C=O) groups excluding carboxylic acids is 3. The molecule has 48 heavy (non-hydrogen) atoms. The zero-order chi connectivity index (χ0) is 35.6. The number of imidazole rings is 1. The molecule has 13 heteroatoms. The number of carbonyl (C=O) groups is 3. The van der Waals surface area contributed by atoms with Crippen LogP contribution in [-0.2, 0) is 16.1 Å². The number of nitriles is 1. The molecule has 1 aliphatic rings. The van der Waals surface area contributed by atoms with E-state index in [9.17, 15) is 32.8 Å². The Kier molecular flexibility index (Phi) is 10.9. The maximum absolute atomic E-state index is 13.7. The molecule has 1 N–H and O–H groups in total. The average molecular weight is 685 g/mol. The van der Waals surface area contributed by atoms with E-state index in [1.54, 1.807) is 81.1 Å². The van der Waals surface area contributed by atoms with E-state index in [1.807, 2.05) is 24.5 Å². The first-order chi connectivity index (χ1) is 22.4. The fourth-order valence-corrected chi connectivity index (χ4v) is 5.82. The van der Waals surface area contributed by atoms with Crippen molar-refractivity contribution in [2.75, 3.05) is 18.4 Å². The molecule has 3 amide bonds. The minimum atomic E-state index is -5.05. The number of benzene rings is 2. The molecule has 2 aromatic carbocycles. The fraction of sp³-hybridized carbons (Fsp3) is 0.457. The van der Waals surface area contributed by atoms with Crippen molar-refractivity contribution in [3.05, 3.63) is 70.3 Å². The number of likely N-dealkylation sites (tertiary alicyclic amines) is 1. The molecule has 2 unspecified atom stereocenters. The Morgan fingerprint density at radius 2 is 1.79 bits per heavy atom. The van der Waals surface area contributed by atoms with Gasteiger partial charge in [-0.3, -0.25) is 19.7 Å². The second-order valence-electron chi connectivity index (χ2n) is 13.5. The molecule has 0 aliphatic carbocycles. The van der Waals surface area contributed by atoms with Gasteiger partial charge in [0.15, 0.2) is 0 Å². The van der Waals surface area contributed by atoms with Crippen molar-refractivity contribution < 1.29 is 27.6 Å². The van der Waals surface area contributed by atoms with Crippen LogP contribution in [0.5, 0.6) is 0 Å². The Balaban J connectivity index is 1.76. The molecule has 0 bridgehead atoms. The van der Waals surface area contributed by atoms with Gasteiger partial charge in [-0.15, -0.1) is 0 Å². The highest BCUT2D eigenvalue weighted by Gasteiger charge is 2.45. The molecule has 1 saturated heterocycles. The predicted molar refractivity (Wildman–Crippen MR) is 178 cm³/mol. The van der Waals surface area contributed by atoms with Crippen molar-refractivity contribution >= 4 is 46.3 Å². The van der Waals surface area contributed by atoms with Crippen molar-refractivity contribution in [3.8, 4) is 6.07 Å². The number of nitrogens with zero attached hydrogens (tertiary/aromatic N) is 5. The molecular formula is C35H40ClF3N6O3. The predicted octanol–water partition coefficient (Wildman–Crippen LogP) is 7.54. The van der Waals surface area contributed by atoms with Crippen molar-refractivity contribution in [2.24, 2.45) is 11.3 Å². The van der Waals surface area contributed by atoms with E-state index in [0.717, 1.165) is 4.90 Å². The van der Waals surface area contributed by atoms with Crippen LogP contribution in [0, 0.1) is 22.7 Å². The molecule has 1 aromatic heterocycles. The van der Waals surface area contributed by atoms with Gasteiger partial charge in [0.1, 0.15) is 11.6 Å². The summed E-state index contributed by atoms with van der Waals surface area (Å²) in [7, 11) is 0. The topological polar surface area (TPSA) is 111 Å². The molecular weight excluding hydrogens is 645 g/mol. The summed E-state index contributed by atoms with van der Waals surface area (Å²) in [6.45, 7) is 11.0. The Hall–Kier alpha value is -4.37. The lowest BCUT2D eigenvalue weighted by Gasteiger charge is -2.38. The fourth-order valence-electron chi connectivity index (χ4n) is 5.70. The smallest absolute Gasteiger partial charge is 0.336 e. The highest BCUT2D eigenvalue weighted by atomic mass is 35.5. The number of fused-ring (bicyclic) bond motifs is 1. The molecule has 0 saturated carbocycles. The number of nitrogens with one attached hydrogen (secondary N) is 1. The number of alkyl halides is 3. The van der Waals surface area contributed by atoms with E-state index in [1.165, 1.54) is 0 Å². The van der Waals surface area contributed by atoms with Gasteiger partial charge >= 0.3 is 12.1 Å². The van der Waals surface area contributed by atoms with Gasteiger partial charge < -0.3 is 14.4 Å². The third-order valence-electron chi connectivity index (χ3n) is 8.56. The van der Waals surface area contributed by atoms with E-state index in [4.69, 9.17) is 16.6 Å². The lowest BCUT2D eigenvalue weighted by Crippen LogP contribution is -2.50. The third kappa shape index (κ3) is 8.37. The summed E-state index contributed by atoms with van der Waals surface area (Å²) < 4.78 is 42.8. The van der Waals surface area contributed by atoms with Crippen molar-refractivity contribution in [2.45, 2.75) is 79.2 Å². The second-order valence-corrected chi connectivity index (χ2v) is 14.0. The summed E-state index contributed by atoms with van der Waals surface area (Å²) >= 11 is 6.00. The van der Waals surface area contributed by atoms with Gasteiger partial charge in [-0.25, -0.2) is 4.98 Å². The number of hydrogen-bond donors (Lipinski definition) is 1. The number of amides is 3. The van der Waals surface area contributed by atoms with E-state index in [0.29, 0.717) is 46.6 Å². The Bertz CT molecular complexity index is 1750. The number of halogens is 4. The highest BCUT2D eigenvalue weighted by molar-refractivity contribution is 6.30. The largest absolute Gasteiger partial charge is 0.471 e. The Morgan fingerprint density at radius 1 is 1.12 bits per heavy atom. The molecule has 2 heterocycles. The van der Waals surface area contributed by atoms with E-state index in [2.05, 4.69) is 5.32 Å². The van der Waals surface area contributed by atoms with Crippen molar-refractivity contribution in [1.29, 1.82) is 5.26 Å². The summed E-state index contributed by atoms with van der Waals surface area (Å²) in [6.07, 6.45) is -2.17. The summed E-state index contributed by atoms with van der Waals surface area (Å²) in [5.74, 6) is -2.58. The van der Waals surface area contributed by atoms with Crippen LogP contribution in [0.4, 0.5) is 19.1 Å². The Labute approximate surface area is 283 Å². The standard InChI is InChI=1S/C35H40ClF3N6O3/c1-21(2)16-25(18-40)31(47)43-15-7-8-27(20-43)45-29-14-9-23(19-44(22(3)34(4,5)6)32(48)35(37,38)39)17-28(29)41-33(45)42-30(46)24-10-12-26(36)13-11-24/h9-14,16-17,21-22,27H,7-8,15,19-20H2,1-6H3,(H,41,42,46). The SMILES string of the molecule is CC(C)C=C(C#N)C(=O)N1CCCC(n2c(NC(=O)c3ccc(Cl)cc3)nc3cc(CN(C(=O)C(F)(F)F)C(C)C(C)(C)C)ccc32)C1. The van der Waals surface area contributed by atoms with E-state index >= 15 is 0 Å². The highest BCUT2D eigenvalue weighted by Crippen LogP contribution is 2.34. The third-order valence-corrected chi connectivity index (χ3v) is 8.81. The van der Waals surface area contributed by atoms with Gasteiger partial charge in [-0.2, -0.15) is 18.4 Å². The van der Waals surface area contributed by atoms with Crippen LogP contribution < -0.4 is 5.32 Å². The second kappa shape index (κ2) is 14.4. The van der Waals surface area contributed by atoms with Gasteiger partial charge in [0.2, 0.25) is 5.95 Å². The summed E-state index contributed by atoms with van der Waals surface area (Å²) in [6, 6.07) is 12.2. The lowest BCUT2D eigenvalue weighted by atomic mass is 9.86. The number of anilines is 1. The van der Waals surface area contributed by atoms with E-state index < -0.39 is 29.4 Å². The van der Waals surface area contributed by atoms with Crippen LogP contribution >= 0.6 is 11.6 Å². The van der Waals surface area contributed by atoms with Gasteiger partial charge in [-0.1, -0.05) is 58.4 Å². The van der Waals surface area contributed by atoms with Crippen LogP contribution in [0.3, 0.4) is 0 Å². The van der Waals surface area contributed by atoms with Crippen molar-refractivity contribution in [3.63, 3.8) is 0 Å². The zero-order valence-corrected chi connectivity index (χ0v) is 28.6. The summed E-state index contributed by atoms with van der Waals surface area (Å²) in [4.78, 5) is 46.3. The molecule has 9 nitrogen and oxygen atoms in total. The minimum absolute atomic E-state index is 0.000561. The van der Waals surface area contributed by atoms with Crippen LogP contribution in [0.1, 0.15) is 76.3 Å². The molecule has 0 spiro atoms. The number of aromatic nitrogens is 2. The summed E-state index contributed by atoms with van der Waals surface area (Å²) in [5.41, 5.74) is 1.15. The van der Waals surface area contributed by atoms with Crippen LogP contribution in [0.25, 0.3) is 11.0 Å². The maximum Gasteiger partial charge on any atom is 0.471 e. The summed E-state index contributed by atoms with van der Waals surface area (Å²) in [5, 5.41) is 13.0. The Morgan fingerprint density at radius 3 is 2.38 bits per heavy atom.